The first-order valence-electron chi connectivity index (χ1n) is 9.98. The first-order chi connectivity index (χ1) is 14.9. The summed E-state index contributed by atoms with van der Waals surface area (Å²) in [7, 11) is -3.12. The number of benzene rings is 1. The Morgan fingerprint density at radius 1 is 1.23 bits per heavy atom. The number of esters is 1. The number of rotatable bonds is 6. The molecule has 9 heteroatoms. The average molecular weight is 459 g/mol. The largest absolute Gasteiger partial charge is 0.452 e. The van der Waals surface area contributed by atoms with Gasteiger partial charge in [0.05, 0.1) is 33.2 Å². The SMILES string of the molecule is CCN(C(=O)COC(=O)c1cc(-c2cccs2)nc2ccccc12)[C@H]1CCS(=O)(=O)C1. The summed E-state index contributed by atoms with van der Waals surface area (Å²) in [5.41, 5.74) is 1.67. The highest BCUT2D eigenvalue weighted by molar-refractivity contribution is 7.91. The predicted molar refractivity (Wildman–Crippen MR) is 120 cm³/mol. The maximum atomic E-state index is 12.9. The van der Waals surface area contributed by atoms with Gasteiger partial charge in [-0.05, 0) is 36.9 Å². The highest BCUT2D eigenvalue weighted by Crippen LogP contribution is 2.28. The molecule has 0 aliphatic carbocycles. The highest BCUT2D eigenvalue weighted by Gasteiger charge is 2.34. The zero-order valence-corrected chi connectivity index (χ0v) is 18.6. The molecule has 4 rings (SSSR count). The van der Waals surface area contributed by atoms with Crippen LogP contribution in [-0.4, -0.2) is 60.9 Å². The molecule has 31 heavy (non-hydrogen) atoms. The summed E-state index contributed by atoms with van der Waals surface area (Å²) in [5.74, 6) is -0.968. The van der Waals surface area contributed by atoms with E-state index in [4.69, 9.17) is 4.74 Å². The fourth-order valence-corrected chi connectivity index (χ4v) is 6.26. The molecule has 1 fully saturated rings. The van der Waals surface area contributed by atoms with Gasteiger partial charge in [0.2, 0.25) is 0 Å². The lowest BCUT2D eigenvalue weighted by Crippen LogP contribution is -2.43. The van der Waals surface area contributed by atoms with Crippen LogP contribution >= 0.6 is 11.3 Å². The smallest absolute Gasteiger partial charge is 0.339 e. The Hall–Kier alpha value is -2.78. The summed E-state index contributed by atoms with van der Waals surface area (Å²) in [6.07, 6.45) is 0.412. The Labute approximate surface area is 184 Å². The van der Waals surface area contributed by atoms with E-state index in [1.165, 1.54) is 16.2 Å². The number of amides is 1. The number of carbonyl (C=O) groups excluding carboxylic acids is 2. The van der Waals surface area contributed by atoms with Gasteiger partial charge in [0.25, 0.3) is 5.91 Å². The zero-order chi connectivity index (χ0) is 22.0. The standard InChI is InChI=1S/C22H22N2O5S2/c1-2-24(15-9-11-31(27,28)14-15)21(25)13-29-22(26)17-12-19(20-8-5-10-30-20)23-18-7-4-3-6-16(17)18/h3-8,10,12,15H,2,9,11,13-14H2,1H3/t15-/m0/s1. The molecule has 0 radical (unpaired) electrons. The molecule has 1 atom stereocenters. The minimum absolute atomic E-state index is 0.0420. The first-order valence-corrected chi connectivity index (χ1v) is 12.7. The molecule has 0 unspecified atom stereocenters. The minimum Gasteiger partial charge on any atom is -0.452 e. The van der Waals surface area contributed by atoms with Crippen molar-refractivity contribution in [1.82, 2.24) is 9.88 Å². The molecule has 0 bridgehead atoms. The number of carbonyl (C=O) groups is 2. The molecule has 1 aliphatic heterocycles. The van der Waals surface area contributed by atoms with Crippen molar-refractivity contribution in [3.05, 3.63) is 53.4 Å². The molecule has 1 amide bonds. The van der Waals surface area contributed by atoms with Gasteiger partial charge >= 0.3 is 5.97 Å². The van der Waals surface area contributed by atoms with E-state index < -0.39 is 28.3 Å². The monoisotopic (exact) mass is 458 g/mol. The summed E-state index contributed by atoms with van der Waals surface area (Å²) in [6.45, 7) is 1.71. The van der Waals surface area contributed by atoms with Crippen molar-refractivity contribution in [3.8, 4) is 10.6 Å². The molecule has 7 nitrogen and oxygen atoms in total. The molecule has 3 aromatic rings. The Bertz CT molecular complexity index is 1220. The normalized spacial score (nSPS) is 17.5. The molecule has 0 saturated carbocycles. The molecular weight excluding hydrogens is 436 g/mol. The van der Waals surface area contributed by atoms with E-state index in [1.54, 1.807) is 19.1 Å². The van der Waals surface area contributed by atoms with Crippen LogP contribution in [0, 0.1) is 0 Å². The molecular formula is C22H22N2O5S2. The van der Waals surface area contributed by atoms with E-state index in [0.29, 0.717) is 35.1 Å². The van der Waals surface area contributed by atoms with Gasteiger partial charge in [-0.15, -0.1) is 11.3 Å². The third kappa shape index (κ3) is 4.62. The predicted octanol–water partition coefficient (Wildman–Crippen LogP) is 3.16. The van der Waals surface area contributed by atoms with Crippen LogP contribution < -0.4 is 0 Å². The van der Waals surface area contributed by atoms with Crippen LogP contribution in [-0.2, 0) is 19.4 Å². The Balaban J connectivity index is 1.54. The number of fused-ring (bicyclic) bond motifs is 1. The van der Waals surface area contributed by atoms with Crippen LogP contribution in [0.4, 0.5) is 0 Å². The van der Waals surface area contributed by atoms with Gasteiger partial charge in [-0.2, -0.15) is 0 Å². The average Bonchev–Trinajstić information content (AvgIpc) is 3.41. The van der Waals surface area contributed by atoms with Gasteiger partial charge in [0, 0.05) is 18.0 Å². The molecule has 3 heterocycles. The van der Waals surface area contributed by atoms with E-state index in [2.05, 4.69) is 4.98 Å². The van der Waals surface area contributed by atoms with Crippen LogP contribution in [0.15, 0.2) is 47.8 Å². The van der Waals surface area contributed by atoms with Crippen LogP contribution in [0.1, 0.15) is 23.7 Å². The fraction of sp³-hybridized carbons (Fsp3) is 0.318. The Morgan fingerprint density at radius 3 is 2.71 bits per heavy atom. The Kier molecular flexibility index (Phi) is 6.06. The van der Waals surface area contributed by atoms with Crippen LogP contribution in [0.3, 0.4) is 0 Å². The zero-order valence-electron chi connectivity index (χ0n) is 17.0. The third-order valence-corrected chi connectivity index (χ3v) is 7.99. The summed E-state index contributed by atoms with van der Waals surface area (Å²) in [4.78, 5) is 32.6. The topological polar surface area (TPSA) is 93.6 Å². The van der Waals surface area contributed by atoms with Crippen molar-refractivity contribution < 1.29 is 22.7 Å². The number of hydrogen-bond donors (Lipinski definition) is 0. The van der Waals surface area contributed by atoms with Gasteiger partial charge in [-0.3, -0.25) is 4.79 Å². The maximum absolute atomic E-state index is 12.9. The van der Waals surface area contributed by atoms with Crippen molar-refractivity contribution in [2.45, 2.75) is 19.4 Å². The maximum Gasteiger partial charge on any atom is 0.339 e. The van der Waals surface area contributed by atoms with Crippen molar-refractivity contribution in [2.75, 3.05) is 24.7 Å². The fourth-order valence-electron chi connectivity index (χ4n) is 3.84. The van der Waals surface area contributed by atoms with Crippen molar-refractivity contribution >= 4 is 44.0 Å². The molecule has 1 aliphatic rings. The number of para-hydroxylation sites is 1. The van der Waals surface area contributed by atoms with Crippen LogP contribution in [0.25, 0.3) is 21.5 Å². The van der Waals surface area contributed by atoms with E-state index in [1.807, 2.05) is 35.7 Å². The summed E-state index contributed by atoms with van der Waals surface area (Å²) < 4.78 is 28.9. The molecule has 2 aromatic heterocycles. The van der Waals surface area contributed by atoms with Gasteiger partial charge in [-0.25, -0.2) is 18.2 Å². The second kappa shape index (κ2) is 8.76. The number of nitrogens with zero attached hydrogens (tertiary/aromatic N) is 2. The van der Waals surface area contributed by atoms with E-state index in [-0.39, 0.29) is 17.5 Å². The number of likely N-dealkylation sites (N-methyl/N-ethyl adjacent to an activating group) is 1. The molecule has 1 aromatic carbocycles. The summed E-state index contributed by atoms with van der Waals surface area (Å²) >= 11 is 1.52. The number of pyridine rings is 1. The number of sulfone groups is 1. The lowest BCUT2D eigenvalue weighted by molar-refractivity contribution is -0.136. The van der Waals surface area contributed by atoms with Gasteiger partial charge in [0.1, 0.15) is 0 Å². The lowest BCUT2D eigenvalue weighted by Gasteiger charge is -2.26. The van der Waals surface area contributed by atoms with E-state index >= 15 is 0 Å². The van der Waals surface area contributed by atoms with Gasteiger partial charge < -0.3 is 9.64 Å². The number of thiophene rings is 1. The highest BCUT2D eigenvalue weighted by atomic mass is 32.2. The Morgan fingerprint density at radius 2 is 2.03 bits per heavy atom. The van der Waals surface area contributed by atoms with E-state index in [0.717, 1.165) is 4.88 Å². The van der Waals surface area contributed by atoms with E-state index in [9.17, 15) is 18.0 Å². The first kappa shape index (κ1) is 21.5. The molecule has 0 N–H and O–H groups in total. The molecule has 0 spiro atoms. The number of aromatic nitrogens is 1. The van der Waals surface area contributed by atoms with Crippen LogP contribution in [0.5, 0.6) is 0 Å². The number of hydrogen-bond acceptors (Lipinski definition) is 7. The van der Waals surface area contributed by atoms with Gasteiger partial charge in [-0.1, -0.05) is 24.3 Å². The quantitative estimate of drug-likeness (QED) is 0.527. The minimum atomic E-state index is -3.12. The third-order valence-electron chi connectivity index (χ3n) is 5.35. The second-order valence-corrected chi connectivity index (χ2v) is 10.5. The van der Waals surface area contributed by atoms with Crippen molar-refractivity contribution in [2.24, 2.45) is 0 Å². The number of ether oxygens (including phenoxy) is 1. The van der Waals surface area contributed by atoms with Crippen LogP contribution in [0.2, 0.25) is 0 Å². The van der Waals surface area contributed by atoms with Crippen molar-refractivity contribution in [3.63, 3.8) is 0 Å². The molecule has 162 valence electrons. The lowest BCUT2D eigenvalue weighted by atomic mass is 10.1. The van der Waals surface area contributed by atoms with Gasteiger partial charge in [0.15, 0.2) is 16.4 Å². The second-order valence-electron chi connectivity index (χ2n) is 7.36. The summed E-state index contributed by atoms with van der Waals surface area (Å²) in [5, 5.41) is 2.58. The van der Waals surface area contributed by atoms with Crippen molar-refractivity contribution in [1.29, 1.82) is 0 Å². The molecule has 1 saturated heterocycles. The summed E-state index contributed by atoms with van der Waals surface area (Å²) in [6, 6.07) is 12.4.